The molecule has 2 aromatic heterocycles. The van der Waals surface area contributed by atoms with E-state index in [0.717, 1.165) is 0 Å². The molecule has 0 spiro atoms. The fourth-order valence-electron chi connectivity index (χ4n) is 3.09. The first-order chi connectivity index (χ1) is 11.7. The summed E-state index contributed by atoms with van der Waals surface area (Å²) >= 11 is 0. The third-order valence-electron chi connectivity index (χ3n) is 5.21. The maximum absolute atomic E-state index is 15.5. The third-order valence-corrected chi connectivity index (χ3v) is 5.21. The molecular formula is C18H18BFN2O3. The Labute approximate surface area is 144 Å². The maximum Gasteiger partial charge on any atom is 0.526 e. The molecule has 3 heterocycles. The average molecular weight is 340 g/mol. The molecule has 1 aliphatic rings. The van der Waals surface area contributed by atoms with Crippen LogP contribution in [0, 0.1) is 0 Å². The molecule has 128 valence electrons. The Morgan fingerprint density at radius 2 is 1.72 bits per heavy atom. The van der Waals surface area contributed by atoms with Crippen molar-refractivity contribution in [2.75, 3.05) is 0 Å². The Bertz CT molecular complexity index is 1090. The largest absolute Gasteiger partial charge is 0.526 e. The van der Waals surface area contributed by atoms with Gasteiger partial charge in [0.1, 0.15) is 11.4 Å². The Hall–Kier alpha value is -2.25. The Morgan fingerprint density at radius 1 is 1.12 bits per heavy atom. The zero-order valence-electron chi connectivity index (χ0n) is 14.5. The van der Waals surface area contributed by atoms with Crippen LogP contribution in [-0.4, -0.2) is 27.7 Å². The van der Waals surface area contributed by atoms with Crippen LogP contribution in [-0.2, 0) is 9.31 Å². The smallest absolute Gasteiger partial charge is 0.398 e. The van der Waals surface area contributed by atoms with Crippen LogP contribution < -0.4 is 10.8 Å². The van der Waals surface area contributed by atoms with Gasteiger partial charge in [0.15, 0.2) is 0 Å². The Morgan fingerprint density at radius 3 is 2.36 bits per heavy atom. The van der Waals surface area contributed by atoms with Crippen LogP contribution in [0.15, 0.2) is 41.5 Å². The third kappa shape index (κ3) is 2.23. The van der Waals surface area contributed by atoms with Crippen LogP contribution in [0.25, 0.3) is 22.1 Å². The van der Waals surface area contributed by atoms with Gasteiger partial charge in [0.2, 0.25) is 0 Å². The van der Waals surface area contributed by atoms with E-state index < -0.39 is 24.0 Å². The first-order valence-corrected chi connectivity index (χ1v) is 8.16. The van der Waals surface area contributed by atoms with Gasteiger partial charge in [-0.2, -0.15) is 0 Å². The van der Waals surface area contributed by atoms with Crippen molar-refractivity contribution in [3.63, 3.8) is 0 Å². The molecule has 0 amide bonds. The number of benzene rings is 1. The first kappa shape index (κ1) is 16.2. The highest BCUT2D eigenvalue weighted by molar-refractivity contribution is 6.65. The van der Waals surface area contributed by atoms with Gasteiger partial charge in [-0.15, -0.1) is 0 Å². The lowest BCUT2D eigenvalue weighted by molar-refractivity contribution is 0.00578. The van der Waals surface area contributed by atoms with Gasteiger partial charge >= 0.3 is 7.12 Å². The van der Waals surface area contributed by atoms with Gasteiger partial charge in [-0.1, -0.05) is 18.2 Å². The molecule has 4 rings (SSSR count). The fourth-order valence-corrected chi connectivity index (χ4v) is 3.09. The summed E-state index contributed by atoms with van der Waals surface area (Å²) in [6.07, 6.45) is 3.02. The number of aromatic nitrogens is 2. The summed E-state index contributed by atoms with van der Waals surface area (Å²) in [5.74, 6) is 0. The van der Waals surface area contributed by atoms with Crippen molar-refractivity contribution in [2.24, 2.45) is 0 Å². The van der Waals surface area contributed by atoms with E-state index in [4.69, 9.17) is 9.31 Å². The van der Waals surface area contributed by atoms with Crippen LogP contribution in [0.5, 0.6) is 0 Å². The van der Waals surface area contributed by atoms with Gasteiger partial charge in [-0.3, -0.25) is 9.20 Å². The second kappa shape index (κ2) is 5.13. The monoisotopic (exact) mass is 340 g/mol. The summed E-state index contributed by atoms with van der Waals surface area (Å²) in [6, 6.07) is 6.91. The highest BCUT2D eigenvalue weighted by Gasteiger charge is 2.53. The van der Waals surface area contributed by atoms with Crippen molar-refractivity contribution in [1.82, 2.24) is 9.38 Å². The zero-order valence-corrected chi connectivity index (χ0v) is 14.5. The number of pyridine rings is 1. The predicted molar refractivity (Wildman–Crippen MR) is 94.8 cm³/mol. The molecule has 0 aliphatic carbocycles. The van der Waals surface area contributed by atoms with Crippen molar-refractivity contribution in [3.05, 3.63) is 52.2 Å². The lowest BCUT2D eigenvalue weighted by atomic mass is 9.85. The van der Waals surface area contributed by atoms with Crippen molar-refractivity contribution >= 4 is 29.3 Å². The molecule has 25 heavy (non-hydrogen) atoms. The topological polar surface area (TPSA) is 52.8 Å². The average Bonchev–Trinajstić information content (AvgIpc) is 3.10. The summed E-state index contributed by atoms with van der Waals surface area (Å²) in [5, 5.41) is 1.16. The van der Waals surface area contributed by atoms with Crippen LogP contribution >= 0.6 is 0 Å². The SMILES string of the molecule is CC1(C)OB(C(F)=c2c3ccccc3c(=O)n3ccnc23)OC1(C)C. The summed E-state index contributed by atoms with van der Waals surface area (Å²) in [5.41, 5.74) is -1.86. The highest BCUT2D eigenvalue weighted by Crippen LogP contribution is 2.39. The van der Waals surface area contributed by atoms with Gasteiger partial charge < -0.3 is 9.31 Å². The number of fused-ring (bicyclic) bond motifs is 2. The van der Waals surface area contributed by atoms with Gasteiger partial charge in [0, 0.05) is 23.2 Å². The van der Waals surface area contributed by atoms with E-state index in [1.807, 2.05) is 27.7 Å². The van der Waals surface area contributed by atoms with E-state index in [-0.39, 0.29) is 16.4 Å². The van der Waals surface area contributed by atoms with Gasteiger partial charge in [0.25, 0.3) is 5.56 Å². The lowest BCUT2D eigenvalue weighted by Crippen LogP contribution is -2.41. The molecule has 7 heteroatoms. The molecule has 1 saturated heterocycles. The summed E-state index contributed by atoms with van der Waals surface area (Å²) < 4.78 is 28.5. The normalized spacial score (nSPS) is 20.4. The van der Waals surface area contributed by atoms with E-state index in [0.29, 0.717) is 10.8 Å². The quantitative estimate of drug-likeness (QED) is 0.638. The van der Waals surface area contributed by atoms with Crippen molar-refractivity contribution in [2.45, 2.75) is 38.9 Å². The molecule has 0 radical (unpaired) electrons. The van der Waals surface area contributed by atoms with Gasteiger partial charge in [0.05, 0.1) is 16.4 Å². The minimum atomic E-state index is -1.15. The van der Waals surface area contributed by atoms with Gasteiger partial charge in [-0.25, -0.2) is 9.37 Å². The molecule has 0 N–H and O–H groups in total. The second-order valence-electron chi connectivity index (χ2n) is 7.28. The molecule has 0 atom stereocenters. The van der Waals surface area contributed by atoms with Gasteiger partial charge in [-0.05, 0) is 33.8 Å². The molecule has 0 bridgehead atoms. The van der Waals surface area contributed by atoms with Crippen LogP contribution in [0.1, 0.15) is 27.7 Å². The minimum Gasteiger partial charge on any atom is -0.398 e. The first-order valence-electron chi connectivity index (χ1n) is 8.16. The van der Waals surface area contributed by atoms with Crippen molar-refractivity contribution in [3.8, 4) is 0 Å². The summed E-state index contributed by atoms with van der Waals surface area (Å²) in [4.78, 5) is 16.8. The van der Waals surface area contributed by atoms with Crippen LogP contribution in [0.2, 0.25) is 0 Å². The standard InChI is InChI=1S/C18H18BFN2O3/c1-17(2)18(3,4)25-19(24-17)14(20)13-11-7-5-6-8-12(11)16(23)22-10-9-21-15(13)22/h5-10H,1-4H3. The van der Waals surface area contributed by atoms with Crippen LogP contribution in [0.4, 0.5) is 4.39 Å². The Kier molecular flexibility index (Phi) is 3.33. The maximum atomic E-state index is 15.5. The van der Waals surface area contributed by atoms with E-state index >= 15 is 4.39 Å². The highest BCUT2D eigenvalue weighted by atomic mass is 19.1. The molecule has 1 fully saturated rings. The van der Waals surface area contributed by atoms with Crippen LogP contribution in [0.3, 0.4) is 0 Å². The number of hydrogen-bond donors (Lipinski definition) is 0. The fraction of sp³-hybridized carbons (Fsp3) is 0.333. The summed E-state index contributed by atoms with van der Waals surface area (Å²) in [6.45, 7) is 7.46. The molecule has 0 saturated carbocycles. The lowest BCUT2D eigenvalue weighted by Gasteiger charge is -2.32. The van der Waals surface area contributed by atoms with Crippen molar-refractivity contribution in [1.29, 1.82) is 0 Å². The van der Waals surface area contributed by atoms with E-state index in [2.05, 4.69) is 4.98 Å². The predicted octanol–water partition coefficient (Wildman–Crippen LogP) is 2.28. The molecule has 3 aromatic rings. The molecule has 0 unspecified atom stereocenters. The summed E-state index contributed by atoms with van der Waals surface area (Å²) in [7, 11) is -1.15. The number of halogens is 1. The number of hydrogen-bond acceptors (Lipinski definition) is 4. The molecule has 1 aromatic carbocycles. The number of rotatable bonds is 1. The number of nitrogens with zero attached hydrogens (tertiary/aromatic N) is 2. The minimum absolute atomic E-state index is 0.228. The molecule has 5 nitrogen and oxygen atoms in total. The molecular weight excluding hydrogens is 322 g/mol. The second-order valence-corrected chi connectivity index (χ2v) is 7.28. The van der Waals surface area contributed by atoms with E-state index in [1.165, 1.54) is 16.8 Å². The molecule has 1 aliphatic heterocycles. The van der Waals surface area contributed by atoms with E-state index in [1.54, 1.807) is 24.3 Å². The van der Waals surface area contributed by atoms with E-state index in [9.17, 15) is 4.79 Å². The van der Waals surface area contributed by atoms with Crippen molar-refractivity contribution < 1.29 is 13.7 Å². The number of imidazole rings is 1. The zero-order chi connectivity index (χ0) is 18.0. The Balaban J connectivity index is 2.09.